The maximum absolute atomic E-state index is 11.8. The second-order valence-electron chi connectivity index (χ2n) is 6.63. The number of fused-ring (bicyclic) bond motifs is 3. The van der Waals surface area contributed by atoms with Crippen molar-refractivity contribution in [2.75, 3.05) is 7.11 Å². The number of ether oxygens (including phenoxy) is 1. The summed E-state index contributed by atoms with van der Waals surface area (Å²) in [6.07, 6.45) is 0.424. The van der Waals surface area contributed by atoms with Gasteiger partial charge in [0, 0.05) is 28.6 Å². The van der Waals surface area contributed by atoms with Gasteiger partial charge in [-0.1, -0.05) is 35.9 Å². The normalized spacial score (nSPS) is 19.3. The molecule has 0 spiro atoms. The molecule has 3 aromatic rings. The monoisotopic (exact) mass is 370 g/mol. The smallest absolute Gasteiger partial charge is 0.321 e. The van der Waals surface area contributed by atoms with Crippen molar-refractivity contribution in [3.8, 4) is 5.75 Å². The third-order valence-electron chi connectivity index (χ3n) is 4.94. The molecule has 2 unspecified atom stereocenters. The van der Waals surface area contributed by atoms with E-state index in [4.69, 9.17) is 16.3 Å². The molecular weight excluding hydrogens is 352 g/mol. The Balaban J connectivity index is 1.96. The largest absolute Gasteiger partial charge is 0.495 e. The minimum absolute atomic E-state index is 0.348. The fraction of sp³-hybridized carbons (Fsp3) is 0.250. The van der Waals surface area contributed by atoms with E-state index >= 15 is 0 Å². The SMILES string of the molecule is COc1c(Cl)cc(C)cc1C1NC(C(=O)O)Cc2c1[nH]c1ccccc21. The number of benzene rings is 2. The first-order valence-corrected chi connectivity index (χ1v) is 8.79. The lowest BCUT2D eigenvalue weighted by atomic mass is 9.89. The molecule has 2 aromatic carbocycles. The van der Waals surface area contributed by atoms with Crippen molar-refractivity contribution >= 4 is 28.5 Å². The summed E-state index contributed by atoms with van der Waals surface area (Å²) in [4.78, 5) is 15.2. The predicted octanol–water partition coefficient (Wildman–Crippen LogP) is 3.83. The number of carboxylic acid groups (broad SMARTS) is 1. The molecule has 0 aliphatic carbocycles. The second-order valence-corrected chi connectivity index (χ2v) is 7.03. The summed E-state index contributed by atoms with van der Waals surface area (Å²) in [5.74, 6) is -0.311. The van der Waals surface area contributed by atoms with E-state index in [1.807, 2.05) is 43.3 Å². The van der Waals surface area contributed by atoms with Crippen LogP contribution in [0.25, 0.3) is 10.9 Å². The molecule has 0 saturated heterocycles. The van der Waals surface area contributed by atoms with Gasteiger partial charge in [-0.2, -0.15) is 0 Å². The number of methoxy groups -OCH3 is 1. The number of hydrogen-bond donors (Lipinski definition) is 3. The van der Waals surface area contributed by atoms with E-state index in [0.717, 1.165) is 33.3 Å². The zero-order valence-corrected chi connectivity index (χ0v) is 15.2. The fourth-order valence-electron chi connectivity index (χ4n) is 3.82. The molecule has 134 valence electrons. The van der Waals surface area contributed by atoms with E-state index in [0.29, 0.717) is 17.2 Å². The van der Waals surface area contributed by atoms with Gasteiger partial charge in [-0.3, -0.25) is 10.1 Å². The minimum Gasteiger partial charge on any atom is -0.495 e. The van der Waals surface area contributed by atoms with Crippen LogP contribution in [0.4, 0.5) is 0 Å². The quantitative estimate of drug-likeness (QED) is 0.655. The molecule has 0 bridgehead atoms. The number of aryl methyl sites for hydroxylation is 1. The summed E-state index contributed by atoms with van der Waals surface area (Å²) in [7, 11) is 1.57. The second kappa shape index (κ2) is 6.34. The Morgan fingerprint density at radius 3 is 2.81 bits per heavy atom. The van der Waals surface area contributed by atoms with Crippen LogP contribution >= 0.6 is 11.6 Å². The van der Waals surface area contributed by atoms with Crippen LogP contribution in [0.1, 0.15) is 28.4 Å². The summed E-state index contributed by atoms with van der Waals surface area (Å²) in [6.45, 7) is 1.96. The lowest BCUT2D eigenvalue weighted by molar-refractivity contribution is -0.139. The number of nitrogens with one attached hydrogen (secondary N) is 2. The summed E-state index contributed by atoms with van der Waals surface area (Å²) < 4.78 is 5.54. The highest BCUT2D eigenvalue weighted by molar-refractivity contribution is 6.32. The molecule has 1 aliphatic heterocycles. The first kappa shape index (κ1) is 16.9. The number of aliphatic carboxylic acids is 1. The van der Waals surface area contributed by atoms with Gasteiger partial charge in [0.1, 0.15) is 11.8 Å². The predicted molar refractivity (Wildman–Crippen MR) is 101 cm³/mol. The van der Waals surface area contributed by atoms with Crippen LogP contribution in [0.3, 0.4) is 0 Å². The van der Waals surface area contributed by atoms with Crippen LogP contribution in [0.2, 0.25) is 5.02 Å². The topological polar surface area (TPSA) is 74.3 Å². The van der Waals surface area contributed by atoms with Crippen molar-refractivity contribution in [2.45, 2.75) is 25.4 Å². The van der Waals surface area contributed by atoms with E-state index in [-0.39, 0.29) is 6.04 Å². The molecule has 6 heteroatoms. The lowest BCUT2D eigenvalue weighted by Crippen LogP contribution is -2.45. The van der Waals surface area contributed by atoms with Gasteiger partial charge in [0.15, 0.2) is 0 Å². The van der Waals surface area contributed by atoms with Gasteiger partial charge >= 0.3 is 5.97 Å². The van der Waals surface area contributed by atoms with Crippen LogP contribution in [-0.4, -0.2) is 29.2 Å². The molecule has 3 N–H and O–H groups in total. The Labute approximate surface area is 155 Å². The molecule has 26 heavy (non-hydrogen) atoms. The van der Waals surface area contributed by atoms with Crippen LogP contribution in [0.5, 0.6) is 5.75 Å². The van der Waals surface area contributed by atoms with Crippen LogP contribution in [0.15, 0.2) is 36.4 Å². The van der Waals surface area contributed by atoms with E-state index in [2.05, 4.69) is 10.3 Å². The highest BCUT2D eigenvalue weighted by Gasteiger charge is 2.35. The van der Waals surface area contributed by atoms with Gasteiger partial charge in [0.2, 0.25) is 0 Å². The van der Waals surface area contributed by atoms with Crippen molar-refractivity contribution in [1.29, 1.82) is 0 Å². The Bertz CT molecular complexity index is 1010. The summed E-state index contributed by atoms with van der Waals surface area (Å²) >= 11 is 6.38. The molecule has 5 nitrogen and oxygen atoms in total. The number of para-hydroxylation sites is 1. The molecule has 1 aromatic heterocycles. The molecular formula is C20H19ClN2O3. The van der Waals surface area contributed by atoms with Gasteiger partial charge in [-0.25, -0.2) is 0 Å². The number of carbonyl (C=O) groups is 1. The third-order valence-corrected chi connectivity index (χ3v) is 5.22. The van der Waals surface area contributed by atoms with Gasteiger partial charge in [-0.05, 0) is 30.2 Å². The standard InChI is InChI=1S/C20H19ClN2O3/c1-10-7-13(19(26-2)14(21)8-10)18-17-12(9-16(23-18)20(24)25)11-5-3-4-6-15(11)22-17/h3-8,16,18,22-23H,9H2,1-2H3,(H,24,25). The third kappa shape index (κ3) is 2.64. The minimum atomic E-state index is -0.872. The van der Waals surface area contributed by atoms with E-state index < -0.39 is 12.0 Å². The van der Waals surface area contributed by atoms with Crippen molar-refractivity contribution in [3.63, 3.8) is 0 Å². The Kier molecular flexibility index (Phi) is 4.13. The maximum atomic E-state index is 11.8. The number of aromatic nitrogens is 1. The first-order valence-electron chi connectivity index (χ1n) is 8.42. The van der Waals surface area contributed by atoms with E-state index in [1.54, 1.807) is 7.11 Å². The van der Waals surface area contributed by atoms with Crippen LogP contribution in [-0.2, 0) is 11.2 Å². The Hall–Kier alpha value is -2.50. The molecule has 0 fully saturated rings. The number of halogens is 1. The van der Waals surface area contributed by atoms with Gasteiger partial charge < -0.3 is 14.8 Å². The fourth-order valence-corrected chi connectivity index (χ4v) is 4.18. The average molecular weight is 371 g/mol. The molecule has 4 rings (SSSR count). The van der Waals surface area contributed by atoms with E-state index in [9.17, 15) is 9.90 Å². The summed E-state index contributed by atoms with van der Waals surface area (Å²) in [5.41, 5.74) is 4.80. The molecule has 2 atom stereocenters. The van der Waals surface area contributed by atoms with Crippen LogP contribution in [0, 0.1) is 6.92 Å². The lowest BCUT2D eigenvalue weighted by Gasteiger charge is -2.30. The highest BCUT2D eigenvalue weighted by atomic mass is 35.5. The zero-order chi connectivity index (χ0) is 18.4. The molecule has 1 aliphatic rings. The van der Waals surface area contributed by atoms with E-state index in [1.165, 1.54) is 0 Å². The molecule has 0 amide bonds. The molecule has 0 saturated carbocycles. The summed E-state index contributed by atoms with van der Waals surface area (Å²) in [5, 5.41) is 14.5. The van der Waals surface area contributed by atoms with Gasteiger partial charge in [0.25, 0.3) is 0 Å². The van der Waals surface area contributed by atoms with Crippen molar-refractivity contribution in [1.82, 2.24) is 10.3 Å². The number of hydrogen-bond acceptors (Lipinski definition) is 3. The maximum Gasteiger partial charge on any atom is 0.321 e. The van der Waals surface area contributed by atoms with Crippen LogP contribution < -0.4 is 10.1 Å². The number of rotatable bonds is 3. The first-order chi connectivity index (χ1) is 12.5. The average Bonchev–Trinajstić information content (AvgIpc) is 2.99. The van der Waals surface area contributed by atoms with Crippen molar-refractivity contribution in [2.24, 2.45) is 0 Å². The summed E-state index contributed by atoms with van der Waals surface area (Å²) in [6, 6.07) is 10.7. The molecule has 2 heterocycles. The van der Waals surface area contributed by atoms with Gasteiger partial charge in [-0.15, -0.1) is 0 Å². The highest BCUT2D eigenvalue weighted by Crippen LogP contribution is 2.41. The number of aromatic amines is 1. The number of H-pyrrole nitrogens is 1. The zero-order valence-electron chi connectivity index (χ0n) is 14.5. The Morgan fingerprint density at radius 1 is 1.31 bits per heavy atom. The Morgan fingerprint density at radius 2 is 2.08 bits per heavy atom. The van der Waals surface area contributed by atoms with Crippen molar-refractivity contribution < 1.29 is 14.6 Å². The van der Waals surface area contributed by atoms with Gasteiger partial charge in [0.05, 0.1) is 18.2 Å². The molecule has 0 radical (unpaired) electrons. The number of carboxylic acids is 1. The van der Waals surface area contributed by atoms with Crippen molar-refractivity contribution in [3.05, 3.63) is 63.8 Å².